The molecule has 0 spiro atoms. The van der Waals surface area contributed by atoms with E-state index in [1.807, 2.05) is 49.4 Å². The van der Waals surface area contributed by atoms with Gasteiger partial charge in [-0.1, -0.05) is 35.9 Å². The molecule has 0 saturated heterocycles. The molecule has 110 valence electrons. The lowest BCUT2D eigenvalue weighted by Gasteiger charge is -2.12. The third-order valence-electron chi connectivity index (χ3n) is 2.76. The van der Waals surface area contributed by atoms with Crippen LogP contribution in [0.1, 0.15) is 5.56 Å². The number of ether oxygens (including phenoxy) is 1. The summed E-state index contributed by atoms with van der Waals surface area (Å²) in [6.45, 7) is 3.13. The molecule has 0 amide bonds. The first-order chi connectivity index (χ1) is 10.1. The fourth-order valence-electron chi connectivity index (χ4n) is 1.79. The maximum Gasteiger partial charge on any atom is 0.170 e. The van der Waals surface area contributed by atoms with Crippen molar-refractivity contribution in [3.05, 3.63) is 59.1 Å². The summed E-state index contributed by atoms with van der Waals surface area (Å²) in [4.78, 5) is 0. The van der Waals surface area contributed by atoms with Gasteiger partial charge in [0.15, 0.2) is 5.11 Å². The fourth-order valence-corrected chi connectivity index (χ4v) is 2.20. The van der Waals surface area contributed by atoms with Crippen LogP contribution in [0.4, 0.5) is 5.69 Å². The SMILES string of the molecule is Cc1cccc(NC(=S)NCCOc2ccccc2Cl)c1. The number of halogens is 1. The summed E-state index contributed by atoms with van der Waals surface area (Å²) in [5.74, 6) is 0.679. The summed E-state index contributed by atoms with van der Waals surface area (Å²) >= 11 is 11.2. The Hall–Kier alpha value is -1.78. The molecule has 21 heavy (non-hydrogen) atoms. The lowest BCUT2D eigenvalue weighted by molar-refractivity contribution is 0.323. The van der Waals surface area contributed by atoms with E-state index in [4.69, 9.17) is 28.6 Å². The van der Waals surface area contributed by atoms with E-state index in [2.05, 4.69) is 10.6 Å². The number of rotatable bonds is 5. The minimum atomic E-state index is 0.485. The molecule has 0 aromatic heterocycles. The van der Waals surface area contributed by atoms with Crippen molar-refractivity contribution in [3.63, 3.8) is 0 Å². The Labute approximate surface area is 135 Å². The van der Waals surface area contributed by atoms with Gasteiger partial charge in [0, 0.05) is 5.69 Å². The molecule has 0 aliphatic rings. The summed E-state index contributed by atoms with van der Waals surface area (Å²) in [5, 5.41) is 7.41. The van der Waals surface area contributed by atoms with Crippen molar-refractivity contribution in [2.75, 3.05) is 18.5 Å². The van der Waals surface area contributed by atoms with Gasteiger partial charge in [-0.15, -0.1) is 0 Å². The van der Waals surface area contributed by atoms with Crippen LogP contribution in [0.5, 0.6) is 5.75 Å². The van der Waals surface area contributed by atoms with Crippen molar-refractivity contribution in [2.24, 2.45) is 0 Å². The molecule has 5 heteroatoms. The van der Waals surface area contributed by atoms with Crippen LogP contribution < -0.4 is 15.4 Å². The Morgan fingerprint density at radius 2 is 2.00 bits per heavy atom. The molecule has 0 bridgehead atoms. The summed E-state index contributed by atoms with van der Waals surface area (Å²) in [6.07, 6.45) is 0. The van der Waals surface area contributed by atoms with Crippen LogP contribution in [-0.2, 0) is 0 Å². The number of aryl methyl sites for hydroxylation is 1. The van der Waals surface area contributed by atoms with Crippen molar-refractivity contribution in [1.82, 2.24) is 5.32 Å². The van der Waals surface area contributed by atoms with Gasteiger partial charge in [0.05, 0.1) is 11.6 Å². The normalized spacial score (nSPS) is 10.0. The molecule has 2 rings (SSSR count). The summed E-state index contributed by atoms with van der Waals surface area (Å²) in [7, 11) is 0. The smallest absolute Gasteiger partial charge is 0.170 e. The van der Waals surface area contributed by atoms with E-state index in [0.29, 0.717) is 29.0 Å². The second kappa shape index (κ2) is 7.86. The highest BCUT2D eigenvalue weighted by atomic mass is 35.5. The van der Waals surface area contributed by atoms with Crippen molar-refractivity contribution >= 4 is 34.6 Å². The number of anilines is 1. The van der Waals surface area contributed by atoms with Crippen LogP contribution in [0.15, 0.2) is 48.5 Å². The van der Waals surface area contributed by atoms with E-state index in [9.17, 15) is 0 Å². The van der Waals surface area contributed by atoms with E-state index in [0.717, 1.165) is 5.69 Å². The van der Waals surface area contributed by atoms with Gasteiger partial charge in [0.25, 0.3) is 0 Å². The predicted molar refractivity (Wildman–Crippen MR) is 92.3 cm³/mol. The number of hydrogen-bond acceptors (Lipinski definition) is 2. The highest BCUT2D eigenvalue weighted by Gasteiger charge is 2.00. The molecule has 0 heterocycles. The van der Waals surface area contributed by atoms with Gasteiger partial charge >= 0.3 is 0 Å². The van der Waals surface area contributed by atoms with Crippen molar-refractivity contribution in [2.45, 2.75) is 6.92 Å². The second-order valence-corrected chi connectivity index (χ2v) is 5.34. The first-order valence-corrected chi connectivity index (χ1v) is 7.42. The lowest BCUT2D eigenvalue weighted by atomic mass is 10.2. The zero-order valence-electron chi connectivity index (χ0n) is 11.7. The van der Waals surface area contributed by atoms with Crippen LogP contribution in [0.3, 0.4) is 0 Å². The third-order valence-corrected chi connectivity index (χ3v) is 3.32. The van der Waals surface area contributed by atoms with Gasteiger partial charge < -0.3 is 15.4 Å². The number of para-hydroxylation sites is 1. The minimum Gasteiger partial charge on any atom is -0.490 e. The van der Waals surface area contributed by atoms with E-state index in [1.54, 1.807) is 6.07 Å². The zero-order valence-corrected chi connectivity index (χ0v) is 13.3. The van der Waals surface area contributed by atoms with Crippen molar-refractivity contribution in [1.29, 1.82) is 0 Å². The summed E-state index contributed by atoms with van der Waals surface area (Å²) < 4.78 is 5.57. The lowest BCUT2D eigenvalue weighted by Crippen LogP contribution is -2.31. The van der Waals surface area contributed by atoms with Gasteiger partial charge in [-0.05, 0) is 49.0 Å². The molecular formula is C16H17ClN2OS. The molecule has 0 fully saturated rings. The third kappa shape index (κ3) is 5.25. The van der Waals surface area contributed by atoms with Crippen LogP contribution in [0, 0.1) is 6.92 Å². The van der Waals surface area contributed by atoms with E-state index >= 15 is 0 Å². The molecule has 0 aliphatic carbocycles. The van der Waals surface area contributed by atoms with Crippen LogP contribution in [-0.4, -0.2) is 18.3 Å². The summed E-state index contributed by atoms with van der Waals surface area (Å²) in [5.41, 5.74) is 2.16. The van der Waals surface area contributed by atoms with E-state index < -0.39 is 0 Å². The monoisotopic (exact) mass is 320 g/mol. The Kier molecular flexibility index (Phi) is 5.84. The minimum absolute atomic E-state index is 0.485. The maximum atomic E-state index is 6.00. The molecule has 2 aromatic rings. The number of nitrogens with one attached hydrogen (secondary N) is 2. The highest BCUT2D eigenvalue weighted by Crippen LogP contribution is 2.22. The Balaban J connectivity index is 1.71. The van der Waals surface area contributed by atoms with Crippen molar-refractivity contribution in [3.8, 4) is 5.75 Å². The van der Waals surface area contributed by atoms with E-state index in [1.165, 1.54) is 5.56 Å². The maximum absolute atomic E-state index is 6.00. The predicted octanol–water partition coefficient (Wildman–Crippen LogP) is 4.01. The average Bonchev–Trinajstić information content (AvgIpc) is 2.45. The topological polar surface area (TPSA) is 33.3 Å². The van der Waals surface area contributed by atoms with Crippen LogP contribution >= 0.6 is 23.8 Å². The first-order valence-electron chi connectivity index (χ1n) is 6.64. The second-order valence-electron chi connectivity index (χ2n) is 4.53. The molecule has 0 atom stereocenters. The molecule has 2 aromatic carbocycles. The number of hydrogen-bond donors (Lipinski definition) is 2. The first kappa shape index (κ1) is 15.6. The fraction of sp³-hybridized carbons (Fsp3) is 0.188. The molecule has 2 N–H and O–H groups in total. The number of thiocarbonyl (C=S) groups is 1. The molecule has 0 radical (unpaired) electrons. The standard InChI is InChI=1S/C16H17ClN2OS/c1-12-5-4-6-13(11-12)19-16(21)18-9-10-20-15-8-3-2-7-14(15)17/h2-8,11H,9-10H2,1H3,(H2,18,19,21). The molecular weight excluding hydrogens is 304 g/mol. The Bertz CT molecular complexity index is 619. The van der Waals surface area contributed by atoms with Crippen LogP contribution in [0.25, 0.3) is 0 Å². The molecule has 0 saturated carbocycles. The molecule has 3 nitrogen and oxygen atoms in total. The largest absolute Gasteiger partial charge is 0.490 e. The summed E-state index contributed by atoms with van der Waals surface area (Å²) in [6, 6.07) is 15.4. The van der Waals surface area contributed by atoms with Gasteiger partial charge in [0.1, 0.15) is 12.4 Å². The van der Waals surface area contributed by atoms with Gasteiger partial charge in [-0.3, -0.25) is 0 Å². The average molecular weight is 321 g/mol. The van der Waals surface area contributed by atoms with Crippen molar-refractivity contribution < 1.29 is 4.74 Å². The van der Waals surface area contributed by atoms with Crippen LogP contribution in [0.2, 0.25) is 5.02 Å². The van der Waals surface area contributed by atoms with Gasteiger partial charge in [-0.25, -0.2) is 0 Å². The highest BCUT2D eigenvalue weighted by molar-refractivity contribution is 7.80. The molecule has 0 aliphatic heterocycles. The Morgan fingerprint density at radius 1 is 1.19 bits per heavy atom. The Morgan fingerprint density at radius 3 is 2.76 bits per heavy atom. The zero-order chi connectivity index (χ0) is 15.1. The molecule has 0 unspecified atom stereocenters. The van der Waals surface area contributed by atoms with Gasteiger partial charge in [-0.2, -0.15) is 0 Å². The number of benzene rings is 2. The van der Waals surface area contributed by atoms with E-state index in [-0.39, 0.29) is 0 Å². The van der Waals surface area contributed by atoms with Gasteiger partial charge in [0.2, 0.25) is 0 Å². The quantitative estimate of drug-likeness (QED) is 0.644.